The van der Waals surface area contributed by atoms with E-state index in [1.54, 1.807) is 30.5 Å². The van der Waals surface area contributed by atoms with Crippen LogP contribution in [-0.4, -0.2) is 33.4 Å². The number of ether oxygens (including phenoxy) is 1. The van der Waals surface area contributed by atoms with Gasteiger partial charge < -0.3 is 9.84 Å². The molecular formula is C25H18FN3O4S. The number of aliphatic hydroxyl groups excluding tert-OH is 1. The Balaban J connectivity index is 1.68. The number of carbonyl (C=O) groups is 2. The van der Waals surface area contributed by atoms with E-state index in [2.05, 4.69) is 9.97 Å². The van der Waals surface area contributed by atoms with Crippen LogP contribution >= 0.6 is 11.3 Å². The van der Waals surface area contributed by atoms with Crippen molar-refractivity contribution in [2.24, 2.45) is 0 Å². The van der Waals surface area contributed by atoms with Gasteiger partial charge in [-0.15, -0.1) is 0 Å². The lowest BCUT2D eigenvalue weighted by atomic mass is 9.96. The summed E-state index contributed by atoms with van der Waals surface area (Å²) in [5, 5.41) is 11.3. The highest BCUT2D eigenvalue weighted by molar-refractivity contribution is 7.22. The zero-order valence-electron chi connectivity index (χ0n) is 17.9. The number of nitrogens with zero attached hydrogens (tertiary/aromatic N) is 3. The zero-order valence-corrected chi connectivity index (χ0v) is 18.8. The first kappa shape index (κ1) is 21.7. The first-order valence-electron chi connectivity index (χ1n) is 10.5. The number of carbonyl (C=O) groups excluding carboxylic acids is 2. The third kappa shape index (κ3) is 3.69. The van der Waals surface area contributed by atoms with Crippen molar-refractivity contribution in [2.75, 3.05) is 11.5 Å². The molecule has 4 aromatic rings. The quantitative estimate of drug-likeness (QED) is 0.252. The predicted molar refractivity (Wildman–Crippen MR) is 126 cm³/mol. The molecule has 9 heteroatoms. The number of hydrogen-bond donors (Lipinski definition) is 1. The maximum atomic E-state index is 13.4. The van der Waals surface area contributed by atoms with E-state index in [1.807, 2.05) is 13.0 Å². The topological polar surface area (TPSA) is 92.6 Å². The number of aromatic nitrogens is 2. The number of amides is 1. The lowest BCUT2D eigenvalue weighted by Gasteiger charge is -2.22. The monoisotopic (exact) mass is 475 g/mol. The van der Waals surface area contributed by atoms with Gasteiger partial charge in [0.1, 0.15) is 17.3 Å². The summed E-state index contributed by atoms with van der Waals surface area (Å²) in [6.45, 7) is 2.40. The number of benzene rings is 2. The Morgan fingerprint density at radius 1 is 1.18 bits per heavy atom. The first-order valence-corrected chi connectivity index (χ1v) is 11.3. The maximum Gasteiger partial charge on any atom is 0.301 e. The third-order valence-electron chi connectivity index (χ3n) is 5.43. The fourth-order valence-corrected chi connectivity index (χ4v) is 4.92. The second kappa shape index (κ2) is 8.68. The SMILES string of the molecule is CCOc1ccc2nc(N3C(=O)C(=O)/C(=C(/O)c4ccc(F)cc4)C3c3cccnc3)sc2c1. The van der Waals surface area contributed by atoms with Crippen LogP contribution < -0.4 is 9.64 Å². The smallest absolute Gasteiger partial charge is 0.301 e. The van der Waals surface area contributed by atoms with Gasteiger partial charge in [-0.05, 0) is 61.0 Å². The fraction of sp³-hybridized carbons (Fsp3) is 0.120. The minimum Gasteiger partial charge on any atom is -0.507 e. The van der Waals surface area contributed by atoms with Gasteiger partial charge in [0.25, 0.3) is 5.78 Å². The molecule has 0 spiro atoms. The van der Waals surface area contributed by atoms with Crippen LogP contribution in [0.5, 0.6) is 5.75 Å². The van der Waals surface area contributed by atoms with E-state index in [4.69, 9.17) is 4.74 Å². The molecule has 0 bridgehead atoms. The van der Waals surface area contributed by atoms with E-state index < -0.39 is 29.3 Å². The van der Waals surface area contributed by atoms with Crippen molar-refractivity contribution in [2.45, 2.75) is 13.0 Å². The standard InChI is InChI=1S/C25H18FN3O4S/c1-2-33-17-9-10-18-19(12-17)34-25(28-18)29-21(15-4-3-11-27-13-15)20(23(31)24(29)32)22(30)14-5-7-16(26)8-6-14/h3-13,21,30H,2H2,1H3/b22-20+. The molecule has 1 atom stereocenters. The lowest BCUT2D eigenvalue weighted by molar-refractivity contribution is -0.132. The summed E-state index contributed by atoms with van der Waals surface area (Å²) < 4.78 is 19.8. The number of pyridine rings is 1. The zero-order chi connectivity index (χ0) is 23.8. The molecule has 1 amide bonds. The number of halogens is 1. The minimum atomic E-state index is -0.953. The molecule has 34 heavy (non-hydrogen) atoms. The van der Waals surface area contributed by atoms with E-state index in [0.29, 0.717) is 28.6 Å². The number of aliphatic hydroxyl groups is 1. The van der Waals surface area contributed by atoms with Crippen molar-refractivity contribution >= 4 is 44.1 Å². The second-order valence-electron chi connectivity index (χ2n) is 7.52. The average molecular weight is 476 g/mol. The lowest BCUT2D eigenvalue weighted by Crippen LogP contribution is -2.29. The molecule has 1 saturated heterocycles. The Labute approximate surface area is 197 Å². The Morgan fingerprint density at radius 3 is 2.68 bits per heavy atom. The van der Waals surface area contributed by atoms with Gasteiger partial charge in [-0.2, -0.15) is 0 Å². The van der Waals surface area contributed by atoms with Gasteiger partial charge >= 0.3 is 5.91 Å². The molecular weight excluding hydrogens is 457 g/mol. The van der Waals surface area contributed by atoms with Gasteiger partial charge in [0.05, 0.1) is 28.4 Å². The van der Waals surface area contributed by atoms with Gasteiger partial charge in [-0.1, -0.05) is 17.4 Å². The highest BCUT2D eigenvalue weighted by Crippen LogP contribution is 2.44. The van der Waals surface area contributed by atoms with Gasteiger partial charge in [0, 0.05) is 18.0 Å². The molecule has 1 fully saturated rings. The summed E-state index contributed by atoms with van der Waals surface area (Å²) in [4.78, 5) is 36.4. The van der Waals surface area contributed by atoms with Crippen molar-refractivity contribution in [1.29, 1.82) is 0 Å². The average Bonchev–Trinajstić information content (AvgIpc) is 3.38. The summed E-state index contributed by atoms with van der Waals surface area (Å²) in [7, 11) is 0. The van der Waals surface area contributed by atoms with Crippen molar-refractivity contribution < 1.29 is 23.8 Å². The Kier molecular flexibility index (Phi) is 5.54. The number of ketones is 1. The van der Waals surface area contributed by atoms with E-state index >= 15 is 0 Å². The Hall–Kier alpha value is -4.11. The molecule has 1 N–H and O–H groups in total. The van der Waals surface area contributed by atoms with Crippen molar-refractivity contribution in [1.82, 2.24) is 9.97 Å². The third-order valence-corrected chi connectivity index (χ3v) is 6.45. The summed E-state index contributed by atoms with van der Waals surface area (Å²) in [6, 6.07) is 12.9. The Morgan fingerprint density at radius 2 is 1.97 bits per heavy atom. The molecule has 1 unspecified atom stereocenters. The van der Waals surface area contributed by atoms with Crippen molar-refractivity contribution in [3.8, 4) is 5.75 Å². The molecule has 5 rings (SSSR count). The Bertz CT molecular complexity index is 1430. The molecule has 2 aromatic heterocycles. The van der Waals surface area contributed by atoms with Crippen LogP contribution in [0.3, 0.4) is 0 Å². The van der Waals surface area contributed by atoms with Crippen LogP contribution in [0.15, 0.2) is 72.6 Å². The van der Waals surface area contributed by atoms with Gasteiger partial charge in [-0.25, -0.2) is 9.37 Å². The first-order chi connectivity index (χ1) is 16.5. The van der Waals surface area contributed by atoms with Crippen molar-refractivity contribution in [3.05, 3.63) is 89.5 Å². The predicted octanol–water partition coefficient (Wildman–Crippen LogP) is 4.86. The van der Waals surface area contributed by atoms with E-state index in [1.165, 1.54) is 46.7 Å². The molecule has 1 aliphatic heterocycles. The van der Waals surface area contributed by atoms with Crippen LogP contribution in [0.25, 0.3) is 16.0 Å². The summed E-state index contributed by atoms with van der Waals surface area (Å²) in [6.07, 6.45) is 3.10. The molecule has 7 nitrogen and oxygen atoms in total. The van der Waals surface area contributed by atoms with Gasteiger partial charge in [-0.3, -0.25) is 19.5 Å². The number of anilines is 1. The normalized spacial score (nSPS) is 17.5. The van der Waals surface area contributed by atoms with E-state index in [-0.39, 0.29) is 11.1 Å². The van der Waals surface area contributed by atoms with E-state index in [0.717, 1.165) is 4.70 Å². The summed E-state index contributed by atoms with van der Waals surface area (Å²) >= 11 is 1.24. The molecule has 170 valence electrons. The molecule has 3 heterocycles. The fourth-order valence-electron chi connectivity index (χ4n) is 3.90. The number of thiazole rings is 1. The van der Waals surface area contributed by atoms with E-state index in [9.17, 15) is 19.1 Å². The summed E-state index contributed by atoms with van der Waals surface area (Å²) in [5.41, 5.74) is 1.28. The van der Waals surface area contributed by atoms with Crippen molar-refractivity contribution in [3.63, 3.8) is 0 Å². The molecule has 0 aliphatic carbocycles. The summed E-state index contributed by atoms with van der Waals surface area (Å²) in [5.74, 6) is -1.88. The molecule has 2 aromatic carbocycles. The molecule has 0 saturated carbocycles. The van der Waals surface area contributed by atoms with Gasteiger partial charge in [0.2, 0.25) is 0 Å². The molecule has 0 radical (unpaired) electrons. The number of Topliss-reactive ketones (excluding diaryl/α,β-unsaturated/α-hetero) is 1. The second-order valence-corrected chi connectivity index (χ2v) is 8.53. The largest absolute Gasteiger partial charge is 0.507 e. The van der Waals surface area contributed by atoms with Crippen LogP contribution in [0, 0.1) is 5.82 Å². The maximum absolute atomic E-state index is 13.4. The number of rotatable bonds is 5. The van der Waals surface area contributed by atoms with Crippen LogP contribution in [-0.2, 0) is 9.59 Å². The van der Waals surface area contributed by atoms with Crippen LogP contribution in [0.4, 0.5) is 9.52 Å². The van der Waals surface area contributed by atoms with Gasteiger partial charge in [0.15, 0.2) is 5.13 Å². The highest BCUT2D eigenvalue weighted by atomic mass is 32.1. The van der Waals surface area contributed by atoms with Crippen LogP contribution in [0.2, 0.25) is 0 Å². The highest BCUT2D eigenvalue weighted by Gasteiger charge is 2.48. The number of hydrogen-bond acceptors (Lipinski definition) is 7. The number of fused-ring (bicyclic) bond motifs is 1. The van der Waals surface area contributed by atoms with Crippen LogP contribution in [0.1, 0.15) is 24.1 Å². The molecule has 1 aliphatic rings. The minimum absolute atomic E-state index is 0.112.